The van der Waals surface area contributed by atoms with E-state index in [4.69, 9.17) is 16.3 Å². The molecule has 1 aromatic heterocycles. The van der Waals surface area contributed by atoms with Crippen LogP contribution in [0.4, 0.5) is 0 Å². The van der Waals surface area contributed by atoms with E-state index in [0.717, 1.165) is 28.7 Å². The van der Waals surface area contributed by atoms with Gasteiger partial charge >= 0.3 is 0 Å². The quantitative estimate of drug-likeness (QED) is 0.793. The van der Waals surface area contributed by atoms with Gasteiger partial charge in [-0.3, -0.25) is 4.79 Å². The van der Waals surface area contributed by atoms with E-state index in [1.165, 1.54) is 0 Å². The Balaban J connectivity index is 1.82. The summed E-state index contributed by atoms with van der Waals surface area (Å²) in [5.74, 6) is -0.0556. The molecular weight excluding hydrogens is 350 g/mol. The number of fused-ring (bicyclic) bond motifs is 2. The van der Waals surface area contributed by atoms with Crippen LogP contribution < -0.4 is 0 Å². The third kappa shape index (κ3) is 2.65. The summed E-state index contributed by atoms with van der Waals surface area (Å²) in [6.07, 6.45) is 3.34. The number of hydrogen-bond acceptors (Lipinski definition) is 4. The highest BCUT2D eigenvalue weighted by Gasteiger charge is 2.50. The topological polar surface area (TPSA) is 59.4 Å². The van der Waals surface area contributed by atoms with Crippen LogP contribution in [0.15, 0.2) is 42.3 Å². The molecule has 1 N–H and O–H groups in total. The lowest BCUT2D eigenvalue weighted by molar-refractivity contribution is -0.130. The zero-order valence-corrected chi connectivity index (χ0v) is 15.5. The molecule has 0 spiro atoms. The molecule has 3 heterocycles. The van der Waals surface area contributed by atoms with Crippen molar-refractivity contribution < 1.29 is 14.6 Å². The van der Waals surface area contributed by atoms with Crippen LogP contribution in [0.3, 0.4) is 0 Å². The maximum atomic E-state index is 12.8. The lowest BCUT2D eigenvalue weighted by atomic mass is 9.87. The number of nitrogens with zero attached hydrogens (tertiary/aromatic N) is 1. The number of carbonyl (C=O) groups excluding carboxylic acids is 1. The molecule has 2 aliphatic rings. The summed E-state index contributed by atoms with van der Waals surface area (Å²) in [4.78, 5) is 17.0. The van der Waals surface area contributed by atoms with Gasteiger partial charge in [-0.2, -0.15) is 0 Å². The molecular formula is C21H20ClNO3. The van der Waals surface area contributed by atoms with Crippen LogP contribution in [0, 0.1) is 0 Å². The number of pyridine rings is 1. The minimum atomic E-state index is -0.752. The molecule has 2 aliphatic heterocycles. The lowest BCUT2D eigenvalue weighted by Gasteiger charge is -2.31. The van der Waals surface area contributed by atoms with Gasteiger partial charge in [-0.25, -0.2) is 4.98 Å². The Kier molecular flexibility index (Phi) is 4.13. The second kappa shape index (κ2) is 6.22. The molecule has 4 nitrogen and oxygen atoms in total. The Labute approximate surface area is 157 Å². The van der Waals surface area contributed by atoms with Gasteiger partial charge in [0.1, 0.15) is 22.6 Å². The number of ketones is 1. The number of hydrogen-bond donors (Lipinski definition) is 1. The molecule has 0 amide bonds. The normalized spacial score (nSPS) is 25.0. The average Bonchev–Trinajstić information content (AvgIpc) is 3.02. The predicted molar refractivity (Wildman–Crippen MR) is 101 cm³/mol. The highest BCUT2D eigenvalue weighted by Crippen LogP contribution is 2.45. The standard InChI is InChI=1S/C21H20ClNO3/c1-3-12-10-13(14-5-7-17(22)23-11-14)4-6-15(12)18-19(24)16-8-9-21(2,26-16)20(18)25/h4-7,10-11,16,25H,3,8-9H2,1-2H3/t16-,21-/m1/s1. The van der Waals surface area contributed by atoms with Crippen molar-refractivity contribution in [3.8, 4) is 11.1 Å². The van der Waals surface area contributed by atoms with Crippen molar-refractivity contribution in [3.63, 3.8) is 0 Å². The highest BCUT2D eigenvalue weighted by molar-refractivity contribution is 6.29. The number of aryl methyl sites for hydroxylation is 1. The fraction of sp³-hybridized carbons (Fsp3) is 0.333. The number of ether oxygens (including phenoxy) is 1. The van der Waals surface area contributed by atoms with Gasteiger partial charge in [0.15, 0.2) is 5.78 Å². The Morgan fingerprint density at radius 1 is 1.31 bits per heavy atom. The molecule has 5 heteroatoms. The number of carbonyl (C=O) groups is 1. The number of aliphatic hydroxyl groups excluding tert-OH is 1. The third-order valence-electron chi connectivity index (χ3n) is 5.38. The van der Waals surface area contributed by atoms with E-state index in [-0.39, 0.29) is 11.5 Å². The molecule has 2 aromatic rings. The number of rotatable bonds is 3. The molecule has 1 aromatic carbocycles. The second-order valence-corrected chi connectivity index (χ2v) is 7.45. The van der Waals surface area contributed by atoms with Crippen molar-refractivity contribution in [2.24, 2.45) is 0 Å². The highest BCUT2D eigenvalue weighted by atomic mass is 35.5. The first-order chi connectivity index (χ1) is 12.4. The lowest BCUT2D eigenvalue weighted by Crippen LogP contribution is -2.37. The second-order valence-electron chi connectivity index (χ2n) is 7.06. The summed E-state index contributed by atoms with van der Waals surface area (Å²) >= 11 is 5.87. The van der Waals surface area contributed by atoms with Crippen LogP contribution in [-0.4, -0.2) is 27.6 Å². The van der Waals surface area contributed by atoms with Gasteiger partial charge in [-0.1, -0.05) is 36.7 Å². The summed E-state index contributed by atoms with van der Waals surface area (Å²) in [7, 11) is 0. The Hall–Kier alpha value is -2.17. The van der Waals surface area contributed by atoms with Crippen molar-refractivity contribution in [2.75, 3.05) is 0 Å². The van der Waals surface area contributed by atoms with E-state index in [1.54, 1.807) is 12.3 Å². The largest absolute Gasteiger partial charge is 0.508 e. The minimum absolute atomic E-state index is 0.0619. The summed E-state index contributed by atoms with van der Waals surface area (Å²) < 4.78 is 5.76. The van der Waals surface area contributed by atoms with Crippen molar-refractivity contribution in [1.82, 2.24) is 4.98 Å². The first kappa shape index (κ1) is 17.3. The maximum absolute atomic E-state index is 12.8. The molecule has 26 heavy (non-hydrogen) atoms. The summed E-state index contributed by atoms with van der Waals surface area (Å²) in [6.45, 7) is 3.90. The van der Waals surface area contributed by atoms with E-state index in [1.807, 2.05) is 38.1 Å². The number of aromatic nitrogens is 1. The molecule has 0 saturated carbocycles. The van der Waals surface area contributed by atoms with E-state index in [9.17, 15) is 9.90 Å². The van der Waals surface area contributed by atoms with Gasteiger partial charge < -0.3 is 9.84 Å². The predicted octanol–water partition coefficient (Wildman–Crippen LogP) is 4.75. The van der Waals surface area contributed by atoms with Crippen molar-refractivity contribution in [3.05, 3.63) is 58.6 Å². The molecule has 2 atom stereocenters. The molecule has 0 radical (unpaired) electrons. The van der Waals surface area contributed by atoms with E-state index < -0.39 is 11.7 Å². The molecule has 0 unspecified atom stereocenters. The van der Waals surface area contributed by atoms with Gasteiger partial charge in [0.25, 0.3) is 0 Å². The fourth-order valence-electron chi connectivity index (χ4n) is 3.86. The van der Waals surface area contributed by atoms with Gasteiger partial charge in [-0.05, 0) is 55.0 Å². The number of halogens is 1. The molecule has 1 saturated heterocycles. The van der Waals surface area contributed by atoms with Crippen LogP contribution in [0.5, 0.6) is 0 Å². The SMILES string of the molecule is CCc1cc(-c2ccc(Cl)nc2)ccc1C1=C(O)[C@@]2(C)CC[C@@H](O2)C1=O. The van der Waals surface area contributed by atoms with E-state index in [2.05, 4.69) is 4.98 Å². The van der Waals surface area contributed by atoms with E-state index >= 15 is 0 Å². The smallest absolute Gasteiger partial charge is 0.195 e. The maximum Gasteiger partial charge on any atom is 0.195 e. The Morgan fingerprint density at radius 3 is 2.77 bits per heavy atom. The molecule has 1 fully saturated rings. The minimum Gasteiger partial charge on any atom is -0.508 e. The van der Waals surface area contributed by atoms with Crippen LogP contribution in [0.2, 0.25) is 5.15 Å². The average molecular weight is 370 g/mol. The van der Waals surface area contributed by atoms with Crippen molar-refractivity contribution in [1.29, 1.82) is 0 Å². The summed E-state index contributed by atoms with van der Waals surface area (Å²) in [6, 6.07) is 9.59. The number of benzene rings is 1. The first-order valence-corrected chi connectivity index (χ1v) is 9.21. The van der Waals surface area contributed by atoms with Crippen LogP contribution >= 0.6 is 11.6 Å². The molecule has 2 bridgehead atoms. The van der Waals surface area contributed by atoms with Gasteiger partial charge in [0, 0.05) is 11.8 Å². The summed E-state index contributed by atoms with van der Waals surface area (Å²) in [5, 5.41) is 11.2. The monoisotopic (exact) mass is 369 g/mol. The van der Waals surface area contributed by atoms with Crippen molar-refractivity contribution >= 4 is 23.0 Å². The Bertz CT molecular complexity index is 919. The molecule has 4 rings (SSSR count). The van der Waals surface area contributed by atoms with Gasteiger partial charge in [-0.15, -0.1) is 0 Å². The third-order valence-corrected chi connectivity index (χ3v) is 5.60. The molecule has 134 valence electrons. The van der Waals surface area contributed by atoms with E-state index in [0.29, 0.717) is 23.6 Å². The zero-order valence-electron chi connectivity index (χ0n) is 14.8. The fourth-order valence-corrected chi connectivity index (χ4v) is 3.97. The number of Topliss-reactive ketones (excluding diaryl/α,β-unsaturated/α-hetero) is 1. The number of aliphatic hydroxyl groups is 1. The summed E-state index contributed by atoms with van der Waals surface area (Å²) in [5.41, 5.74) is 3.43. The first-order valence-electron chi connectivity index (χ1n) is 8.84. The van der Waals surface area contributed by atoms with Crippen LogP contribution in [-0.2, 0) is 16.0 Å². The Morgan fingerprint density at radius 2 is 2.08 bits per heavy atom. The zero-order chi connectivity index (χ0) is 18.5. The van der Waals surface area contributed by atoms with Crippen LogP contribution in [0.25, 0.3) is 16.7 Å². The van der Waals surface area contributed by atoms with Gasteiger partial charge in [0.2, 0.25) is 0 Å². The molecule has 0 aliphatic carbocycles. The van der Waals surface area contributed by atoms with Crippen LogP contribution in [0.1, 0.15) is 37.8 Å². The van der Waals surface area contributed by atoms with Gasteiger partial charge in [0.05, 0.1) is 5.57 Å². The van der Waals surface area contributed by atoms with Crippen molar-refractivity contribution in [2.45, 2.75) is 44.8 Å².